The zero-order chi connectivity index (χ0) is 16.1. The topological polar surface area (TPSA) is 64.4 Å². The number of rotatable bonds is 6. The Morgan fingerprint density at radius 3 is 2.57 bits per heavy atom. The van der Waals surface area contributed by atoms with Crippen LogP contribution < -0.4 is 5.32 Å². The van der Waals surface area contributed by atoms with Gasteiger partial charge in [-0.15, -0.1) is 0 Å². The molecule has 1 aliphatic rings. The van der Waals surface area contributed by atoms with Crippen LogP contribution in [0.15, 0.2) is 54.6 Å². The van der Waals surface area contributed by atoms with Crippen LogP contribution in [0, 0.1) is 10.1 Å². The summed E-state index contributed by atoms with van der Waals surface area (Å²) in [5.74, 6) is 0. The monoisotopic (exact) mass is 312 g/mol. The fraction of sp³-hybridized carbons (Fsp3) is 0.333. The van der Waals surface area contributed by atoms with E-state index in [0.717, 1.165) is 31.6 Å². The molecule has 5 heteroatoms. The zero-order valence-electron chi connectivity index (χ0n) is 12.9. The van der Waals surface area contributed by atoms with E-state index in [2.05, 4.69) is 17.4 Å². The maximum atomic E-state index is 10.7. The van der Waals surface area contributed by atoms with Crippen molar-refractivity contribution in [3.05, 3.63) is 75.8 Å². The van der Waals surface area contributed by atoms with Crippen molar-refractivity contribution in [3.8, 4) is 0 Å². The van der Waals surface area contributed by atoms with E-state index < -0.39 is 0 Å². The molecule has 0 aliphatic carbocycles. The molecule has 0 amide bonds. The van der Waals surface area contributed by atoms with Crippen molar-refractivity contribution in [2.45, 2.75) is 25.0 Å². The summed E-state index contributed by atoms with van der Waals surface area (Å²) in [5, 5.41) is 14.2. The minimum atomic E-state index is -0.373. The average molecular weight is 312 g/mol. The Bertz CT molecular complexity index is 643. The van der Waals surface area contributed by atoms with Gasteiger partial charge in [0.2, 0.25) is 0 Å². The number of ether oxygens (including phenoxy) is 1. The normalized spacial score (nSPS) is 20.5. The van der Waals surface area contributed by atoms with Gasteiger partial charge in [0.15, 0.2) is 0 Å². The van der Waals surface area contributed by atoms with Crippen molar-refractivity contribution in [2.24, 2.45) is 0 Å². The first-order valence-corrected chi connectivity index (χ1v) is 7.87. The van der Waals surface area contributed by atoms with Gasteiger partial charge < -0.3 is 10.1 Å². The third-order valence-electron chi connectivity index (χ3n) is 4.19. The number of nitrogens with one attached hydrogen (secondary N) is 1. The van der Waals surface area contributed by atoms with Gasteiger partial charge in [0.1, 0.15) is 0 Å². The van der Waals surface area contributed by atoms with Crippen LogP contribution in [0.2, 0.25) is 0 Å². The Morgan fingerprint density at radius 1 is 1.13 bits per heavy atom. The lowest BCUT2D eigenvalue weighted by atomic mass is 10.0. The first-order chi connectivity index (χ1) is 11.2. The fourth-order valence-corrected chi connectivity index (χ4v) is 2.96. The third kappa shape index (κ3) is 3.94. The fourth-order valence-electron chi connectivity index (χ4n) is 2.96. The van der Waals surface area contributed by atoms with Crippen LogP contribution in [0.1, 0.15) is 23.7 Å². The Morgan fingerprint density at radius 2 is 1.87 bits per heavy atom. The van der Waals surface area contributed by atoms with Gasteiger partial charge in [0.05, 0.1) is 11.0 Å². The lowest BCUT2D eigenvalue weighted by Gasteiger charge is -2.20. The van der Waals surface area contributed by atoms with E-state index in [1.807, 2.05) is 30.3 Å². The average Bonchev–Trinajstić information content (AvgIpc) is 3.05. The van der Waals surface area contributed by atoms with Crippen molar-refractivity contribution in [3.63, 3.8) is 0 Å². The smallest absolute Gasteiger partial charge is 0.269 e. The lowest BCUT2D eigenvalue weighted by Crippen LogP contribution is -2.33. The Hall–Kier alpha value is -2.24. The lowest BCUT2D eigenvalue weighted by molar-refractivity contribution is -0.384. The van der Waals surface area contributed by atoms with E-state index in [-0.39, 0.29) is 16.7 Å². The molecule has 120 valence electrons. The number of nitro groups is 1. The van der Waals surface area contributed by atoms with Crippen LogP contribution in [-0.2, 0) is 11.2 Å². The standard InChI is InChI=1S/C18H20N2O3/c21-20(22)16-8-6-14(7-9-16)10-12-19-17-11-13-23-18(17)15-4-2-1-3-5-15/h1-9,17-19H,10-13H2/t17-,18+/m1/s1. The molecule has 1 heterocycles. The van der Waals surface area contributed by atoms with E-state index >= 15 is 0 Å². The number of hydrogen-bond donors (Lipinski definition) is 1. The molecule has 23 heavy (non-hydrogen) atoms. The molecule has 5 nitrogen and oxygen atoms in total. The molecular formula is C18H20N2O3. The van der Waals surface area contributed by atoms with Crippen molar-refractivity contribution in [2.75, 3.05) is 13.2 Å². The number of nitrogens with zero attached hydrogens (tertiary/aromatic N) is 1. The second kappa shape index (κ2) is 7.35. The maximum Gasteiger partial charge on any atom is 0.269 e. The highest BCUT2D eigenvalue weighted by Gasteiger charge is 2.28. The molecular weight excluding hydrogens is 292 g/mol. The molecule has 1 aliphatic heterocycles. The molecule has 0 radical (unpaired) electrons. The van der Waals surface area contributed by atoms with Crippen molar-refractivity contribution >= 4 is 5.69 Å². The molecule has 1 saturated heterocycles. The summed E-state index contributed by atoms with van der Waals surface area (Å²) in [7, 11) is 0. The summed E-state index contributed by atoms with van der Waals surface area (Å²) in [6.07, 6.45) is 1.95. The van der Waals surface area contributed by atoms with Gasteiger partial charge >= 0.3 is 0 Å². The van der Waals surface area contributed by atoms with Crippen LogP contribution in [0.4, 0.5) is 5.69 Å². The highest BCUT2D eigenvalue weighted by molar-refractivity contribution is 5.33. The number of nitro benzene ring substituents is 1. The Kier molecular flexibility index (Phi) is 5.00. The molecule has 3 rings (SSSR count). The van der Waals surface area contributed by atoms with E-state index in [9.17, 15) is 10.1 Å². The number of hydrogen-bond acceptors (Lipinski definition) is 4. The molecule has 2 aromatic rings. The molecule has 2 atom stereocenters. The third-order valence-corrected chi connectivity index (χ3v) is 4.19. The summed E-state index contributed by atoms with van der Waals surface area (Å²) in [5.41, 5.74) is 2.44. The highest BCUT2D eigenvalue weighted by atomic mass is 16.6. The predicted octanol–water partition coefficient (Wildman–Crippen LogP) is 3.26. The van der Waals surface area contributed by atoms with Crippen LogP contribution in [0.25, 0.3) is 0 Å². The zero-order valence-corrected chi connectivity index (χ0v) is 12.9. The van der Waals surface area contributed by atoms with E-state index in [1.165, 1.54) is 5.56 Å². The second-order valence-corrected chi connectivity index (χ2v) is 5.72. The summed E-state index contributed by atoms with van der Waals surface area (Å²) < 4.78 is 5.86. The van der Waals surface area contributed by atoms with E-state index in [1.54, 1.807) is 12.1 Å². The largest absolute Gasteiger partial charge is 0.372 e. The van der Waals surface area contributed by atoms with Crippen LogP contribution in [-0.4, -0.2) is 24.1 Å². The van der Waals surface area contributed by atoms with Gasteiger partial charge in [-0.3, -0.25) is 10.1 Å². The Labute approximate surface area is 135 Å². The minimum absolute atomic E-state index is 0.105. The predicted molar refractivity (Wildman–Crippen MR) is 88.3 cm³/mol. The molecule has 0 bridgehead atoms. The molecule has 0 saturated carbocycles. The molecule has 1 fully saturated rings. The van der Waals surface area contributed by atoms with E-state index in [4.69, 9.17) is 4.74 Å². The van der Waals surface area contributed by atoms with E-state index in [0.29, 0.717) is 6.04 Å². The number of non-ortho nitro benzene ring substituents is 1. The van der Waals surface area contributed by atoms with Gasteiger partial charge in [0.25, 0.3) is 5.69 Å². The first-order valence-electron chi connectivity index (χ1n) is 7.87. The number of benzene rings is 2. The molecule has 1 N–H and O–H groups in total. The SMILES string of the molecule is O=[N+]([O-])c1ccc(CCN[C@@H]2CCO[C@H]2c2ccccc2)cc1. The second-order valence-electron chi connectivity index (χ2n) is 5.72. The van der Waals surface area contributed by atoms with Gasteiger partial charge in [-0.1, -0.05) is 42.5 Å². The maximum absolute atomic E-state index is 10.7. The van der Waals surface area contributed by atoms with Crippen LogP contribution >= 0.6 is 0 Å². The minimum Gasteiger partial charge on any atom is -0.372 e. The molecule has 0 unspecified atom stereocenters. The summed E-state index contributed by atoms with van der Waals surface area (Å²) in [6.45, 7) is 1.60. The van der Waals surface area contributed by atoms with Gasteiger partial charge in [-0.05, 0) is 30.5 Å². The quantitative estimate of drug-likeness (QED) is 0.657. The van der Waals surface area contributed by atoms with Gasteiger partial charge in [-0.2, -0.15) is 0 Å². The van der Waals surface area contributed by atoms with Gasteiger partial charge in [0, 0.05) is 24.8 Å². The van der Waals surface area contributed by atoms with Crippen LogP contribution in [0.3, 0.4) is 0 Å². The van der Waals surface area contributed by atoms with Crippen molar-refractivity contribution < 1.29 is 9.66 Å². The van der Waals surface area contributed by atoms with Crippen LogP contribution in [0.5, 0.6) is 0 Å². The van der Waals surface area contributed by atoms with Crippen molar-refractivity contribution in [1.29, 1.82) is 0 Å². The summed E-state index contributed by atoms with van der Waals surface area (Å²) in [4.78, 5) is 10.3. The summed E-state index contributed by atoms with van der Waals surface area (Å²) in [6, 6.07) is 17.3. The Balaban J connectivity index is 1.52. The molecule has 0 spiro atoms. The molecule has 2 aromatic carbocycles. The highest BCUT2D eigenvalue weighted by Crippen LogP contribution is 2.28. The van der Waals surface area contributed by atoms with Gasteiger partial charge in [-0.25, -0.2) is 0 Å². The first kappa shape index (κ1) is 15.6. The van der Waals surface area contributed by atoms with Crippen molar-refractivity contribution in [1.82, 2.24) is 5.32 Å². The summed E-state index contributed by atoms with van der Waals surface area (Å²) >= 11 is 0. The molecule has 0 aromatic heterocycles.